The highest BCUT2D eigenvalue weighted by molar-refractivity contribution is 7.89. The summed E-state index contributed by atoms with van der Waals surface area (Å²) in [5, 5.41) is -0.156. The zero-order valence-corrected chi connectivity index (χ0v) is 13.9. The SMILES string of the molecule is CC(C)CC(Cl)CNS(=O)(=O)CC(C)c1ccccc1. The van der Waals surface area contributed by atoms with E-state index in [1.165, 1.54) is 0 Å². The quantitative estimate of drug-likeness (QED) is 0.747. The number of hydrogen-bond donors (Lipinski definition) is 1. The number of hydrogen-bond acceptors (Lipinski definition) is 2. The lowest BCUT2D eigenvalue weighted by atomic mass is 10.0. The fourth-order valence-corrected chi connectivity index (χ4v) is 4.03. The molecule has 0 fully saturated rings. The van der Waals surface area contributed by atoms with Gasteiger partial charge in [0.15, 0.2) is 0 Å². The van der Waals surface area contributed by atoms with Gasteiger partial charge in [0.2, 0.25) is 10.0 Å². The van der Waals surface area contributed by atoms with E-state index < -0.39 is 10.0 Å². The van der Waals surface area contributed by atoms with E-state index >= 15 is 0 Å². The topological polar surface area (TPSA) is 46.2 Å². The third kappa shape index (κ3) is 6.73. The molecule has 0 spiro atoms. The second-order valence-electron chi connectivity index (χ2n) is 5.67. The number of nitrogens with one attached hydrogen (secondary N) is 1. The van der Waals surface area contributed by atoms with Crippen LogP contribution in [0.4, 0.5) is 0 Å². The van der Waals surface area contributed by atoms with Crippen LogP contribution in [0.5, 0.6) is 0 Å². The first-order valence-corrected chi connectivity index (χ1v) is 9.05. The molecule has 0 heterocycles. The molecule has 114 valence electrons. The molecule has 0 bridgehead atoms. The van der Waals surface area contributed by atoms with Crippen LogP contribution in [0.1, 0.15) is 38.7 Å². The van der Waals surface area contributed by atoms with Crippen LogP contribution < -0.4 is 4.72 Å². The maximum atomic E-state index is 12.0. The number of halogens is 1. The Kier molecular flexibility index (Phi) is 7.00. The normalized spacial score (nSPS) is 15.2. The summed E-state index contributed by atoms with van der Waals surface area (Å²) in [6.45, 7) is 6.35. The van der Waals surface area contributed by atoms with Gasteiger partial charge in [0.25, 0.3) is 0 Å². The summed E-state index contributed by atoms with van der Waals surface area (Å²) in [6.07, 6.45) is 0.804. The van der Waals surface area contributed by atoms with Crippen molar-refractivity contribution >= 4 is 21.6 Å². The first kappa shape index (κ1) is 17.5. The maximum Gasteiger partial charge on any atom is 0.212 e. The monoisotopic (exact) mass is 317 g/mol. The van der Waals surface area contributed by atoms with E-state index in [4.69, 9.17) is 11.6 Å². The van der Waals surface area contributed by atoms with Crippen molar-refractivity contribution in [3.63, 3.8) is 0 Å². The van der Waals surface area contributed by atoms with Crippen LogP contribution in [0, 0.1) is 5.92 Å². The van der Waals surface area contributed by atoms with Crippen LogP contribution in [-0.4, -0.2) is 26.1 Å². The van der Waals surface area contributed by atoms with Crippen molar-refractivity contribution in [1.82, 2.24) is 4.72 Å². The highest BCUT2D eigenvalue weighted by Crippen LogP contribution is 2.16. The first-order valence-electron chi connectivity index (χ1n) is 6.96. The van der Waals surface area contributed by atoms with E-state index in [1.54, 1.807) is 0 Å². The third-order valence-electron chi connectivity index (χ3n) is 3.09. The summed E-state index contributed by atoms with van der Waals surface area (Å²) in [5.41, 5.74) is 1.03. The molecular weight excluding hydrogens is 294 g/mol. The minimum Gasteiger partial charge on any atom is -0.214 e. The Morgan fingerprint density at radius 1 is 1.15 bits per heavy atom. The maximum absolute atomic E-state index is 12.0. The fourth-order valence-electron chi connectivity index (χ4n) is 2.08. The molecule has 1 rings (SSSR count). The minimum absolute atomic E-state index is 0.0347. The smallest absolute Gasteiger partial charge is 0.212 e. The largest absolute Gasteiger partial charge is 0.214 e. The Morgan fingerprint density at radius 2 is 1.75 bits per heavy atom. The van der Waals surface area contributed by atoms with Gasteiger partial charge in [0.1, 0.15) is 0 Å². The Balaban J connectivity index is 2.49. The van der Waals surface area contributed by atoms with E-state index in [-0.39, 0.29) is 17.0 Å². The van der Waals surface area contributed by atoms with Crippen LogP contribution in [0.25, 0.3) is 0 Å². The van der Waals surface area contributed by atoms with Gasteiger partial charge in [-0.1, -0.05) is 51.1 Å². The van der Waals surface area contributed by atoms with E-state index in [1.807, 2.05) is 37.3 Å². The van der Waals surface area contributed by atoms with Gasteiger partial charge in [-0.15, -0.1) is 11.6 Å². The van der Waals surface area contributed by atoms with E-state index in [0.29, 0.717) is 12.5 Å². The van der Waals surface area contributed by atoms with Crippen molar-refractivity contribution in [2.75, 3.05) is 12.3 Å². The van der Waals surface area contributed by atoms with Crippen molar-refractivity contribution in [2.24, 2.45) is 5.92 Å². The fraction of sp³-hybridized carbons (Fsp3) is 0.600. The number of alkyl halides is 1. The molecule has 3 nitrogen and oxygen atoms in total. The van der Waals surface area contributed by atoms with Crippen LogP contribution in [-0.2, 0) is 10.0 Å². The van der Waals surface area contributed by atoms with Crippen molar-refractivity contribution < 1.29 is 8.42 Å². The number of benzene rings is 1. The molecule has 2 unspecified atom stereocenters. The lowest BCUT2D eigenvalue weighted by Crippen LogP contribution is -2.33. The highest BCUT2D eigenvalue weighted by Gasteiger charge is 2.18. The molecular formula is C15H24ClNO2S. The molecule has 1 aromatic rings. The van der Waals surface area contributed by atoms with Crippen LogP contribution in [0.2, 0.25) is 0 Å². The van der Waals surface area contributed by atoms with Gasteiger partial charge in [-0.3, -0.25) is 0 Å². The standard InChI is InChI=1S/C15H24ClNO2S/c1-12(2)9-15(16)10-17-20(18,19)11-13(3)14-7-5-4-6-8-14/h4-8,12-13,15,17H,9-11H2,1-3H3. The minimum atomic E-state index is -3.29. The van der Waals surface area contributed by atoms with Gasteiger partial charge in [0.05, 0.1) is 5.75 Å². The van der Waals surface area contributed by atoms with Crippen LogP contribution >= 0.6 is 11.6 Å². The molecule has 5 heteroatoms. The zero-order valence-electron chi connectivity index (χ0n) is 12.3. The van der Waals surface area contributed by atoms with Crippen LogP contribution in [0.15, 0.2) is 30.3 Å². The summed E-state index contributed by atoms with van der Waals surface area (Å²) in [6, 6.07) is 9.66. The zero-order chi connectivity index (χ0) is 15.2. The van der Waals surface area contributed by atoms with Crippen molar-refractivity contribution in [3.8, 4) is 0 Å². The second-order valence-corrected chi connectivity index (χ2v) is 8.14. The first-order chi connectivity index (χ1) is 9.30. The van der Waals surface area contributed by atoms with Gasteiger partial charge >= 0.3 is 0 Å². The van der Waals surface area contributed by atoms with Crippen molar-refractivity contribution in [1.29, 1.82) is 0 Å². The molecule has 0 saturated carbocycles. The van der Waals surface area contributed by atoms with Gasteiger partial charge in [-0.2, -0.15) is 0 Å². The Hall–Kier alpha value is -0.580. The van der Waals surface area contributed by atoms with Gasteiger partial charge in [-0.25, -0.2) is 13.1 Å². The molecule has 0 saturated heterocycles. The van der Waals surface area contributed by atoms with Gasteiger partial charge in [-0.05, 0) is 23.8 Å². The summed E-state index contributed by atoms with van der Waals surface area (Å²) in [5.74, 6) is 0.514. The average molecular weight is 318 g/mol. The number of rotatable bonds is 8. The van der Waals surface area contributed by atoms with Crippen molar-refractivity contribution in [2.45, 2.75) is 38.5 Å². The van der Waals surface area contributed by atoms with Crippen LogP contribution in [0.3, 0.4) is 0 Å². The molecule has 0 aliphatic rings. The molecule has 0 aromatic heterocycles. The molecule has 0 radical (unpaired) electrons. The predicted octanol–water partition coefficient (Wildman–Crippen LogP) is 3.36. The Morgan fingerprint density at radius 3 is 2.30 bits per heavy atom. The van der Waals surface area contributed by atoms with Gasteiger partial charge < -0.3 is 0 Å². The Labute approximate surface area is 127 Å². The molecule has 0 aliphatic heterocycles. The summed E-state index contributed by atoms with van der Waals surface area (Å²) < 4.78 is 26.7. The van der Waals surface area contributed by atoms with Gasteiger partial charge in [0, 0.05) is 11.9 Å². The predicted molar refractivity (Wildman–Crippen MR) is 85.7 cm³/mol. The molecule has 0 aliphatic carbocycles. The molecule has 20 heavy (non-hydrogen) atoms. The van der Waals surface area contributed by atoms with E-state index in [0.717, 1.165) is 12.0 Å². The van der Waals surface area contributed by atoms with E-state index in [9.17, 15) is 8.42 Å². The molecule has 0 amide bonds. The lowest BCUT2D eigenvalue weighted by molar-refractivity contribution is 0.542. The summed E-state index contributed by atoms with van der Waals surface area (Å²) >= 11 is 6.11. The molecule has 2 atom stereocenters. The van der Waals surface area contributed by atoms with Crippen molar-refractivity contribution in [3.05, 3.63) is 35.9 Å². The Bertz CT molecular complexity index is 488. The number of sulfonamides is 1. The molecule has 1 N–H and O–H groups in total. The summed E-state index contributed by atoms with van der Waals surface area (Å²) in [4.78, 5) is 0. The molecule has 1 aromatic carbocycles. The highest BCUT2D eigenvalue weighted by atomic mass is 35.5. The lowest BCUT2D eigenvalue weighted by Gasteiger charge is -2.16. The second kappa shape index (κ2) is 8.01. The van der Waals surface area contributed by atoms with E-state index in [2.05, 4.69) is 18.6 Å². The summed E-state index contributed by atoms with van der Waals surface area (Å²) in [7, 11) is -3.29. The third-order valence-corrected chi connectivity index (χ3v) is 4.97. The average Bonchev–Trinajstić information content (AvgIpc) is 2.36.